The van der Waals surface area contributed by atoms with Gasteiger partial charge in [-0.1, -0.05) is 48.5 Å². The monoisotopic (exact) mass is 584 g/mol. The molecular formula is C35H29FN6O2. The lowest BCUT2D eigenvalue weighted by Gasteiger charge is -2.43. The summed E-state index contributed by atoms with van der Waals surface area (Å²) in [5.74, 6) is -0.338. The maximum absolute atomic E-state index is 15.9. The highest BCUT2D eigenvalue weighted by Crippen LogP contribution is 2.37. The molecule has 0 spiro atoms. The number of aromatic nitrogens is 4. The molecule has 1 saturated heterocycles. The molecule has 1 fully saturated rings. The Morgan fingerprint density at radius 2 is 1.73 bits per heavy atom. The fourth-order valence-electron chi connectivity index (χ4n) is 5.89. The summed E-state index contributed by atoms with van der Waals surface area (Å²) in [5.41, 5.74) is 12.4. The molecule has 0 bridgehead atoms. The highest BCUT2D eigenvalue weighted by Gasteiger charge is 2.34. The van der Waals surface area contributed by atoms with Crippen LogP contribution in [-0.2, 0) is 0 Å². The Labute approximate surface area is 253 Å². The molecule has 1 aliphatic heterocycles. The molecule has 0 saturated carbocycles. The van der Waals surface area contributed by atoms with Gasteiger partial charge in [-0.3, -0.25) is 9.47 Å². The van der Waals surface area contributed by atoms with Crippen LogP contribution in [0.3, 0.4) is 0 Å². The van der Waals surface area contributed by atoms with Crippen LogP contribution >= 0.6 is 0 Å². The number of nitrogens with zero attached hydrogens (tertiary/aromatic N) is 5. The van der Waals surface area contributed by atoms with Gasteiger partial charge in [0.15, 0.2) is 11.5 Å². The van der Waals surface area contributed by atoms with E-state index in [4.69, 9.17) is 15.7 Å². The molecule has 3 aromatic heterocycles. The van der Waals surface area contributed by atoms with Crippen molar-refractivity contribution in [1.29, 1.82) is 0 Å². The standard InChI is InChI=1S/C35H29FN6O2/c1-21(22-9-11-24(12-10-22)35(43)44)41-19-25(20-41)27-14-13-26(18-29(27)36)42-33(28-8-5-17-38-32(28)37)40-31-16-15-30(39-34(31)42)23-6-3-2-4-7-23/h2-18,21,25H,19-20H2,1H3,(H2,37,38)(H,43,44). The summed E-state index contributed by atoms with van der Waals surface area (Å²) in [6, 6.07) is 29.7. The first kappa shape index (κ1) is 27.4. The van der Waals surface area contributed by atoms with Crippen LogP contribution in [0.15, 0.2) is 103 Å². The Kier molecular flexibility index (Phi) is 6.87. The minimum atomic E-state index is -0.945. The normalized spacial score (nSPS) is 14.4. The lowest BCUT2D eigenvalue weighted by molar-refractivity contribution is 0.0696. The zero-order valence-electron chi connectivity index (χ0n) is 23.9. The number of hydrogen-bond acceptors (Lipinski definition) is 6. The molecule has 0 amide bonds. The molecule has 0 aliphatic carbocycles. The van der Waals surface area contributed by atoms with Crippen LogP contribution in [0.4, 0.5) is 10.2 Å². The van der Waals surface area contributed by atoms with Crippen molar-refractivity contribution in [1.82, 2.24) is 24.4 Å². The Morgan fingerprint density at radius 1 is 0.955 bits per heavy atom. The van der Waals surface area contributed by atoms with Gasteiger partial charge in [0.1, 0.15) is 17.2 Å². The van der Waals surface area contributed by atoms with Crippen LogP contribution in [-0.4, -0.2) is 48.6 Å². The fraction of sp³-hybridized carbons (Fsp3) is 0.143. The fourth-order valence-corrected chi connectivity index (χ4v) is 5.89. The number of carboxylic acids is 1. The molecule has 4 heterocycles. The van der Waals surface area contributed by atoms with E-state index >= 15 is 4.39 Å². The first-order chi connectivity index (χ1) is 21.4. The van der Waals surface area contributed by atoms with Crippen molar-refractivity contribution in [2.24, 2.45) is 0 Å². The summed E-state index contributed by atoms with van der Waals surface area (Å²) >= 11 is 0. The van der Waals surface area contributed by atoms with E-state index in [0.29, 0.717) is 52.7 Å². The predicted molar refractivity (Wildman–Crippen MR) is 168 cm³/mol. The Morgan fingerprint density at radius 3 is 2.43 bits per heavy atom. The summed E-state index contributed by atoms with van der Waals surface area (Å²) < 4.78 is 17.7. The number of likely N-dealkylation sites (tertiary alicyclic amines) is 1. The van der Waals surface area contributed by atoms with E-state index in [9.17, 15) is 9.90 Å². The highest BCUT2D eigenvalue weighted by molar-refractivity contribution is 5.87. The van der Waals surface area contributed by atoms with E-state index in [2.05, 4.69) is 16.8 Å². The molecule has 218 valence electrons. The zero-order chi connectivity index (χ0) is 30.4. The van der Waals surface area contributed by atoms with E-state index in [1.807, 2.05) is 77.4 Å². The zero-order valence-corrected chi connectivity index (χ0v) is 23.9. The van der Waals surface area contributed by atoms with Crippen molar-refractivity contribution in [3.8, 4) is 28.3 Å². The van der Waals surface area contributed by atoms with Crippen LogP contribution < -0.4 is 5.73 Å². The second-order valence-electron chi connectivity index (χ2n) is 11.1. The average molecular weight is 585 g/mol. The topological polar surface area (TPSA) is 110 Å². The first-order valence-electron chi connectivity index (χ1n) is 14.4. The molecule has 7 rings (SSSR count). The number of hydrogen-bond donors (Lipinski definition) is 2. The number of nitrogens with two attached hydrogens (primary N) is 1. The minimum absolute atomic E-state index is 0.0422. The Balaban J connectivity index is 1.21. The van der Waals surface area contributed by atoms with Crippen LogP contribution in [0.5, 0.6) is 0 Å². The summed E-state index contributed by atoms with van der Waals surface area (Å²) in [6.45, 7) is 3.48. The third-order valence-corrected chi connectivity index (χ3v) is 8.43. The first-order valence-corrected chi connectivity index (χ1v) is 14.4. The van der Waals surface area contributed by atoms with Crippen molar-refractivity contribution in [3.63, 3.8) is 0 Å². The Bertz CT molecular complexity index is 2000. The highest BCUT2D eigenvalue weighted by atomic mass is 19.1. The van der Waals surface area contributed by atoms with E-state index in [1.165, 1.54) is 0 Å². The SMILES string of the molecule is CC(c1ccc(C(=O)O)cc1)N1CC(c2ccc(-n3c(-c4cccnc4N)nc4ccc(-c5ccccc5)nc43)cc2F)C1. The molecule has 1 atom stereocenters. The third kappa shape index (κ3) is 4.87. The molecule has 3 aromatic carbocycles. The summed E-state index contributed by atoms with van der Waals surface area (Å²) in [4.78, 5) is 27.5. The van der Waals surface area contributed by atoms with Gasteiger partial charge in [0.25, 0.3) is 0 Å². The second kappa shape index (κ2) is 11.0. The summed E-state index contributed by atoms with van der Waals surface area (Å²) in [6.07, 6.45) is 1.62. The molecule has 1 unspecified atom stereocenters. The van der Waals surface area contributed by atoms with E-state index in [1.54, 1.807) is 30.5 Å². The number of aromatic carboxylic acids is 1. The molecule has 3 N–H and O–H groups in total. The van der Waals surface area contributed by atoms with Gasteiger partial charge in [-0.25, -0.2) is 24.1 Å². The number of imidazole rings is 1. The molecule has 8 nitrogen and oxygen atoms in total. The van der Waals surface area contributed by atoms with Gasteiger partial charge >= 0.3 is 5.97 Å². The van der Waals surface area contributed by atoms with Crippen molar-refractivity contribution in [2.45, 2.75) is 18.9 Å². The smallest absolute Gasteiger partial charge is 0.335 e. The summed E-state index contributed by atoms with van der Waals surface area (Å²) in [7, 11) is 0. The van der Waals surface area contributed by atoms with Gasteiger partial charge < -0.3 is 10.8 Å². The molecule has 44 heavy (non-hydrogen) atoms. The van der Waals surface area contributed by atoms with Gasteiger partial charge in [0.2, 0.25) is 0 Å². The van der Waals surface area contributed by atoms with E-state index < -0.39 is 5.97 Å². The number of halogens is 1. The number of carbonyl (C=O) groups is 1. The lowest BCUT2D eigenvalue weighted by atomic mass is 9.88. The number of fused-ring (bicyclic) bond motifs is 1. The van der Waals surface area contributed by atoms with Gasteiger partial charge in [0, 0.05) is 36.8 Å². The predicted octanol–water partition coefficient (Wildman–Crippen LogP) is 6.73. The van der Waals surface area contributed by atoms with Crippen LogP contribution in [0.1, 0.15) is 40.4 Å². The van der Waals surface area contributed by atoms with Crippen LogP contribution in [0, 0.1) is 5.82 Å². The number of anilines is 1. The maximum Gasteiger partial charge on any atom is 0.335 e. The molecular weight excluding hydrogens is 555 g/mol. The van der Waals surface area contributed by atoms with Crippen molar-refractivity contribution in [3.05, 3.63) is 126 Å². The summed E-state index contributed by atoms with van der Waals surface area (Å²) in [5, 5.41) is 9.18. The van der Waals surface area contributed by atoms with Gasteiger partial charge in [-0.15, -0.1) is 0 Å². The molecule has 6 aromatic rings. The van der Waals surface area contributed by atoms with Gasteiger partial charge in [-0.05, 0) is 66.6 Å². The number of nitrogen functional groups attached to an aromatic ring is 1. The lowest BCUT2D eigenvalue weighted by Crippen LogP contribution is -2.46. The van der Waals surface area contributed by atoms with Crippen molar-refractivity contribution >= 4 is 23.0 Å². The largest absolute Gasteiger partial charge is 0.478 e. The average Bonchev–Trinajstić information content (AvgIpc) is 3.40. The molecule has 9 heteroatoms. The molecule has 0 radical (unpaired) electrons. The second-order valence-corrected chi connectivity index (χ2v) is 11.1. The van der Waals surface area contributed by atoms with E-state index in [-0.39, 0.29) is 23.3 Å². The number of pyridine rings is 2. The van der Waals surface area contributed by atoms with Crippen LogP contribution in [0.2, 0.25) is 0 Å². The minimum Gasteiger partial charge on any atom is -0.478 e. The number of benzene rings is 3. The van der Waals surface area contributed by atoms with E-state index in [0.717, 1.165) is 16.8 Å². The number of rotatable bonds is 7. The Hall–Kier alpha value is -5.41. The van der Waals surface area contributed by atoms with Crippen LogP contribution in [0.25, 0.3) is 39.5 Å². The quantitative estimate of drug-likeness (QED) is 0.214. The number of carboxylic acid groups (broad SMARTS) is 1. The maximum atomic E-state index is 15.9. The van der Waals surface area contributed by atoms with Gasteiger partial charge in [0.05, 0.1) is 22.5 Å². The third-order valence-electron chi connectivity index (χ3n) is 8.43. The molecule has 1 aliphatic rings. The van der Waals surface area contributed by atoms with Gasteiger partial charge in [-0.2, -0.15) is 0 Å². The van der Waals surface area contributed by atoms with Crippen molar-refractivity contribution < 1.29 is 14.3 Å². The van der Waals surface area contributed by atoms with Crippen molar-refractivity contribution in [2.75, 3.05) is 18.8 Å².